The Morgan fingerprint density at radius 3 is 2.21 bits per heavy atom. The molecule has 0 radical (unpaired) electrons. The molecule has 0 saturated carbocycles. The van der Waals surface area contributed by atoms with Crippen molar-refractivity contribution in [2.45, 2.75) is 19.3 Å². The van der Waals surface area contributed by atoms with Crippen LogP contribution >= 0.6 is 0 Å². The van der Waals surface area contributed by atoms with Gasteiger partial charge in [0.05, 0.1) is 14.2 Å². The van der Waals surface area contributed by atoms with Crippen LogP contribution in [-0.4, -0.2) is 14.2 Å². The minimum atomic E-state index is 0.911. The van der Waals surface area contributed by atoms with E-state index in [4.69, 9.17) is 9.47 Å². The Bertz CT molecular complexity index is 503. The van der Waals surface area contributed by atoms with Gasteiger partial charge in [-0.2, -0.15) is 0 Å². The summed E-state index contributed by atoms with van der Waals surface area (Å²) in [5.74, 6) is 1.89. The molecule has 2 aromatic carbocycles. The van der Waals surface area contributed by atoms with Gasteiger partial charge in [-0.05, 0) is 48.6 Å². The molecule has 19 heavy (non-hydrogen) atoms. The number of benzene rings is 2. The summed E-state index contributed by atoms with van der Waals surface area (Å²) in [6, 6.07) is 16.5. The van der Waals surface area contributed by atoms with Gasteiger partial charge < -0.3 is 9.47 Å². The Morgan fingerprint density at radius 2 is 1.53 bits per heavy atom. The van der Waals surface area contributed by atoms with E-state index in [2.05, 4.69) is 24.3 Å². The van der Waals surface area contributed by atoms with Gasteiger partial charge in [0.2, 0.25) is 0 Å². The molecule has 0 spiro atoms. The van der Waals surface area contributed by atoms with Crippen LogP contribution in [0.3, 0.4) is 0 Å². The number of methoxy groups -OCH3 is 2. The number of para-hydroxylation sites is 1. The molecule has 2 aromatic rings. The average Bonchev–Trinajstić information content (AvgIpc) is 2.48. The Kier molecular flexibility index (Phi) is 4.85. The largest absolute Gasteiger partial charge is 0.497 e. The minimum Gasteiger partial charge on any atom is -0.497 e. The van der Waals surface area contributed by atoms with Crippen molar-refractivity contribution in [3.63, 3.8) is 0 Å². The quantitative estimate of drug-likeness (QED) is 0.781. The Morgan fingerprint density at radius 1 is 0.789 bits per heavy atom. The van der Waals surface area contributed by atoms with Crippen LogP contribution in [0.5, 0.6) is 11.5 Å². The third-order valence-electron chi connectivity index (χ3n) is 3.26. The molecular formula is C17H20O2. The predicted octanol–water partition coefficient (Wildman–Crippen LogP) is 3.88. The maximum atomic E-state index is 5.36. The summed E-state index contributed by atoms with van der Waals surface area (Å²) in [5.41, 5.74) is 2.62. The van der Waals surface area contributed by atoms with Crippen LogP contribution in [0.1, 0.15) is 17.5 Å². The zero-order valence-corrected chi connectivity index (χ0v) is 11.6. The molecule has 0 aliphatic carbocycles. The van der Waals surface area contributed by atoms with E-state index in [9.17, 15) is 0 Å². The van der Waals surface area contributed by atoms with E-state index in [1.165, 1.54) is 11.1 Å². The van der Waals surface area contributed by atoms with Crippen molar-refractivity contribution >= 4 is 0 Å². The molecule has 0 aromatic heterocycles. The van der Waals surface area contributed by atoms with Crippen molar-refractivity contribution in [2.24, 2.45) is 0 Å². The first kappa shape index (κ1) is 13.5. The maximum Gasteiger partial charge on any atom is 0.122 e. The van der Waals surface area contributed by atoms with Gasteiger partial charge >= 0.3 is 0 Å². The Balaban J connectivity index is 1.88. The highest BCUT2D eigenvalue weighted by Gasteiger charge is 2.01. The SMILES string of the molecule is COc1ccc(CCCc2ccccc2OC)cc1. The monoisotopic (exact) mass is 256 g/mol. The van der Waals surface area contributed by atoms with Crippen LogP contribution in [0.25, 0.3) is 0 Å². The van der Waals surface area contributed by atoms with E-state index in [1.807, 2.05) is 24.3 Å². The molecule has 2 heteroatoms. The van der Waals surface area contributed by atoms with Gasteiger partial charge in [0.1, 0.15) is 11.5 Å². The van der Waals surface area contributed by atoms with E-state index in [-0.39, 0.29) is 0 Å². The molecular weight excluding hydrogens is 236 g/mol. The summed E-state index contributed by atoms with van der Waals surface area (Å²) in [6.45, 7) is 0. The van der Waals surface area contributed by atoms with Crippen LogP contribution in [0.2, 0.25) is 0 Å². The lowest BCUT2D eigenvalue weighted by atomic mass is 10.0. The number of ether oxygens (including phenoxy) is 2. The zero-order chi connectivity index (χ0) is 13.5. The molecule has 0 amide bonds. The van der Waals surface area contributed by atoms with Gasteiger partial charge in [0.25, 0.3) is 0 Å². The number of rotatable bonds is 6. The van der Waals surface area contributed by atoms with E-state index >= 15 is 0 Å². The third-order valence-corrected chi connectivity index (χ3v) is 3.26. The van der Waals surface area contributed by atoms with Gasteiger partial charge in [-0.3, -0.25) is 0 Å². The summed E-state index contributed by atoms with van der Waals surface area (Å²) in [6.07, 6.45) is 3.23. The zero-order valence-electron chi connectivity index (χ0n) is 11.6. The highest BCUT2D eigenvalue weighted by molar-refractivity contribution is 5.33. The van der Waals surface area contributed by atoms with Gasteiger partial charge in [0, 0.05) is 0 Å². The molecule has 0 bridgehead atoms. The van der Waals surface area contributed by atoms with Crippen LogP contribution < -0.4 is 9.47 Å². The fourth-order valence-electron chi connectivity index (χ4n) is 2.18. The Hall–Kier alpha value is -1.96. The molecule has 0 aliphatic heterocycles. The molecule has 0 fully saturated rings. The van der Waals surface area contributed by atoms with Crippen LogP contribution in [0.4, 0.5) is 0 Å². The fraction of sp³-hybridized carbons (Fsp3) is 0.294. The van der Waals surface area contributed by atoms with Gasteiger partial charge in [-0.15, -0.1) is 0 Å². The van der Waals surface area contributed by atoms with Gasteiger partial charge in [0.15, 0.2) is 0 Å². The van der Waals surface area contributed by atoms with Crippen molar-refractivity contribution < 1.29 is 9.47 Å². The van der Waals surface area contributed by atoms with E-state index in [0.717, 1.165) is 30.8 Å². The molecule has 0 atom stereocenters. The van der Waals surface area contributed by atoms with Gasteiger partial charge in [-0.1, -0.05) is 30.3 Å². The topological polar surface area (TPSA) is 18.5 Å². The van der Waals surface area contributed by atoms with E-state index in [0.29, 0.717) is 0 Å². The molecule has 0 saturated heterocycles. The van der Waals surface area contributed by atoms with E-state index < -0.39 is 0 Å². The number of hydrogen-bond acceptors (Lipinski definition) is 2. The summed E-state index contributed by atoms with van der Waals surface area (Å²) in [4.78, 5) is 0. The van der Waals surface area contributed by atoms with Crippen molar-refractivity contribution in [2.75, 3.05) is 14.2 Å². The second-order valence-electron chi connectivity index (χ2n) is 4.51. The second kappa shape index (κ2) is 6.83. The smallest absolute Gasteiger partial charge is 0.122 e. The summed E-state index contributed by atoms with van der Waals surface area (Å²) < 4.78 is 10.5. The fourth-order valence-corrected chi connectivity index (χ4v) is 2.18. The van der Waals surface area contributed by atoms with Crippen LogP contribution in [0, 0.1) is 0 Å². The Labute approximate surface area is 115 Å². The number of aryl methyl sites for hydroxylation is 2. The van der Waals surface area contributed by atoms with Crippen molar-refractivity contribution in [1.82, 2.24) is 0 Å². The molecule has 0 unspecified atom stereocenters. The summed E-state index contributed by atoms with van der Waals surface area (Å²) in [5, 5.41) is 0. The molecule has 0 aliphatic rings. The van der Waals surface area contributed by atoms with E-state index in [1.54, 1.807) is 14.2 Å². The summed E-state index contributed by atoms with van der Waals surface area (Å²) >= 11 is 0. The molecule has 2 rings (SSSR count). The van der Waals surface area contributed by atoms with Crippen molar-refractivity contribution in [3.8, 4) is 11.5 Å². The van der Waals surface area contributed by atoms with Gasteiger partial charge in [-0.25, -0.2) is 0 Å². The second-order valence-corrected chi connectivity index (χ2v) is 4.51. The van der Waals surface area contributed by atoms with Crippen molar-refractivity contribution in [1.29, 1.82) is 0 Å². The lowest BCUT2D eigenvalue weighted by molar-refractivity contribution is 0.409. The summed E-state index contributed by atoms with van der Waals surface area (Å²) in [7, 11) is 3.42. The molecule has 0 heterocycles. The lowest BCUT2D eigenvalue weighted by Crippen LogP contribution is -1.94. The van der Waals surface area contributed by atoms with Crippen LogP contribution in [-0.2, 0) is 12.8 Å². The predicted molar refractivity (Wildman–Crippen MR) is 78.0 cm³/mol. The highest BCUT2D eigenvalue weighted by Crippen LogP contribution is 2.20. The highest BCUT2D eigenvalue weighted by atomic mass is 16.5. The first-order chi connectivity index (χ1) is 9.33. The average molecular weight is 256 g/mol. The van der Waals surface area contributed by atoms with Crippen LogP contribution in [0.15, 0.2) is 48.5 Å². The first-order valence-corrected chi connectivity index (χ1v) is 6.58. The molecule has 0 N–H and O–H groups in total. The number of hydrogen-bond donors (Lipinski definition) is 0. The minimum absolute atomic E-state index is 0.911. The standard InChI is InChI=1S/C17H20O2/c1-18-16-12-10-14(11-13-16)6-5-8-15-7-3-4-9-17(15)19-2/h3-4,7,9-13H,5-6,8H2,1-2H3. The normalized spacial score (nSPS) is 10.2. The molecule has 2 nitrogen and oxygen atoms in total. The van der Waals surface area contributed by atoms with Crippen molar-refractivity contribution in [3.05, 3.63) is 59.7 Å². The molecule has 100 valence electrons. The maximum absolute atomic E-state index is 5.36. The third kappa shape index (κ3) is 3.75. The lowest BCUT2D eigenvalue weighted by Gasteiger charge is -2.08. The first-order valence-electron chi connectivity index (χ1n) is 6.58.